The maximum Gasteiger partial charge on any atom is 0.229 e. The molecular formula is C35H35N7O6. The number of anilines is 1. The summed E-state index contributed by atoms with van der Waals surface area (Å²) in [5.74, 6) is 0.963. The smallest absolute Gasteiger partial charge is 0.229 e. The molecule has 13 nitrogen and oxygen atoms in total. The Balaban J connectivity index is 0.000000189. The van der Waals surface area contributed by atoms with Gasteiger partial charge in [-0.15, -0.1) is 0 Å². The second-order valence-corrected chi connectivity index (χ2v) is 11.7. The summed E-state index contributed by atoms with van der Waals surface area (Å²) >= 11 is 0. The van der Waals surface area contributed by atoms with Crippen molar-refractivity contribution >= 4 is 50.3 Å². The highest BCUT2D eigenvalue weighted by Gasteiger charge is 2.36. The van der Waals surface area contributed by atoms with E-state index >= 15 is 0 Å². The van der Waals surface area contributed by atoms with Gasteiger partial charge in [-0.1, -0.05) is 19.9 Å². The van der Waals surface area contributed by atoms with E-state index in [0.29, 0.717) is 65.9 Å². The van der Waals surface area contributed by atoms with Crippen LogP contribution in [0.15, 0.2) is 64.3 Å². The van der Waals surface area contributed by atoms with Crippen LogP contribution in [-0.2, 0) is 19.9 Å². The lowest BCUT2D eigenvalue weighted by atomic mass is 9.98. The van der Waals surface area contributed by atoms with E-state index in [1.165, 1.54) is 6.39 Å². The van der Waals surface area contributed by atoms with Gasteiger partial charge in [-0.3, -0.25) is 19.7 Å². The summed E-state index contributed by atoms with van der Waals surface area (Å²) in [7, 11) is 0. The van der Waals surface area contributed by atoms with Crippen LogP contribution in [0.5, 0.6) is 0 Å². The third-order valence-electron chi connectivity index (χ3n) is 8.41. The van der Waals surface area contributed by atoms with E-state index in [1.807, 2.05) is 39.0 Å². The molecule has 13 heteroatoms. The van der Waals surface area contributed by atoms with Crippen molar-refractivity contribution in [3.63, 3.8) is 0 Å². The molecule has 246 valence electrons. The minimum Gasteiger partial charge on any atom is -0.442 e. The molecule has 3 aliphatic rings. The number of ether oxygens (including phenoxy) is 2. The first kappa shape index (κ1) is 31.5. The molecule has 2 fully saturated rings. The lowest BCUT2D eigenvalue weighted by Gasteiger charge is -2.18. The van der Waals surface area contributed by atoms with Gasteiger partial charge >= 0.3 is 0 Å². The van der Waals surface area contributed by atoms with Gasteiger partial charge in [-0.25, -0.2) is 15.0 Å². The third kappa shape index (κ3) is 6.27. The quantitative estimate of drug-likeness (QED) is 0.232. The van der Waals surface area contributed by atoms with Crippen LogP contribution in [0.25, 0.3) is 50.0 Å². The average Bonchev–Trinajstić information content (AvgIpc) is 3.52. The Kier molecular flexibility index (Phi) is 8.65. The maximum atomic E-state index is 12.2. The number of pyridine rings is 4. The highest BCUT2D eigenvalue weighted by molar-refractivity contribution is 6.00. The largest absolute Gasteiger partial charge is 0.442 e. The fraction of sp³-hybridized carbons (Fsp3) is 0.343. The number of aromatic nitrogens is 6. The van der Waals surface area contributed by atoms with Gasteiger partial charge in [0.2, 0.25) is 11.8 Å². The van der Waals surface area contributed by atoms with Crippen molar-refractivity contribution in [2.24, 2.45) is 5.92 Å². The zero-order valence-corrected chi connectivity index (χ0v) is 26.9. The topological polar surface area (TPSA) is 171 Å². The van der Waals surface area contributed by atoms with Crippen molar-refractivity contribution in [2.75, 3.05) is 31.7 Å². The SMILES string of the molecule is C1=C(c2cc3ncoc3cn2)COC1.CC.Cc1ncc(-c2nc3cc(C4(O)CCOC4)ncc3o2)c2cc(NC(=O)C3CC3)ncc12. The van der Waals surface area contributed by atoms with E-state index in [-0.39, 0.29) is 18.4 Å². The van der Waals surface area contributed by atoms with Crippen LogP contribution >= 0.6 is 0 Å². The van der Waals surface area contributed by atoms with E-state index in [4.69, 9.17) is 18.3 Å². The number of fused-ring (bicyclic) bond motifs is 3. The Hall–Kier alpha value is -5.11. The van der Waals surface area contributed by atoms with Crippen molar-refractivity contribution in [3.05, 3.63) is 72.5 Å². The minimum atomic E-state index is -1.11. The number of nitrogens with one attached hydrogen (secondary N) is 1. The molecule has 6 aromatic rings. The number of hydrogen-bond donors (Lipinski definition) is 2. The molecule has 0 aromatic carbocycles. The number of carbonyl (C=O) groups excluding carboxylic acids is 1. The molecule has 1 saturated heterocycles. The first-order valence-corrected chi connectivity index (χ1v) is 16.0. The van der Waals surface area contributed by atoms with Crippen LogP contribution in [0.3, 0.4) is 0 Å². The molecule has 0 bridgehead atoms. The summed E-state index contributed by atoms with van der Waals surface area (Å²) in [4.78, 5) is 38.4. The predicted octanol–water partition coefficient (Wildman–Crippen LogP) is 5.76. The Labute approximate surface area is 275 Å². The molecule has 1 unspecified atom stereocenters. The molecular weight excluding hydrogens is 614 g/mol. The van der Waals surface area contributed by atoms with E-state index in [2.05, 4.69) is 35.2 Å². The van der Waals surface area contributed by atoms with Crippen molar-refractivity contribution in [1.82, 2.24) is 29.9 Å². The molecule has 0 spiro atoms. The number of aliphatic hydroxyl groups is 1. The fourth-order valence-electron chi connectivity index (χ4n) is 5.55. The van der Waals surface area contributed by atoms with Crippen molar-refractivity contribution in [3.8, 4) is 11.5 Å². The first-order chi connectivity index (χ1) is 23.4. The molecule has 1 amide bonds. The van der Waals surface area contributed by atoms with Gasteiger partial charge in [-0.2, -0.15) is 0 Å². The predicted molar refractivity (Wildman–Crippen MR) is 178 cm³/mol. The van der Waals surface area contributed by atoms with E-state index in [9.17, 15) is 9.90 Å². The molecule has 0 radical (unpaired) electrons. The Morgan fingerprint density at radius 3 is 2.56 bits per heavy atom. The number of carbonyl (C=O) groups is 1. The van der Waals surface area contributed by atoms with Gasteiger partial charge in [-0.05, 0) is 38.0 Å². The van der Waals surface area contributed by atoms with Gasteiger partial charge in [0.05, 0.1) is 49.2 Å². The van der Waals surface area contributed by atoms with E-state index < -0.39 is 5.60 Å². The number of rotatable bonds is 5. The van der Waals surface area contributed by atoms with Crippen LogP contribution < -0.4 is 5.32 Å². The van der Waals surface area contributed by atoms with Crippen LogP contribution in [-0.4, -0.2) is 67.3 Å². The Morgan fingerprint density at radius 2 is 1.79 bits per heavy atom. The summed E-state index contributed by atoms with van der Waals surface area (Å²) in [5.41, 5.74) is 5.62. The monoisotopic (exact) mass is 649 g/mol. The summed E-state index contributed by atoms with van der Waals surface area (Å²) in [6, 6.07) is 5.49. The van der Waals surface area contributed by atoms with Crippen molar-refractivity contribution < 1.29 is 28.2 Å². The molecule has 1 aliphatic carbocycles. The van der Waals surface area contributed by atoms with Gasteiger partial charge in [0.15, 0.2) is 17.6 Å². The van der Waals surface area contributed by atoms with Crippen LogP contribution in [0.2, 0.25) is 0 Å². The van der Waals surface area contributed by atoms with Crippen molar-refractivity contribution in [1.29, 1.82) is 0 Å². The normalized spacial score (nSPS) is 18.7. The van der Waals surface area contributed by atoms with E-state index in [0.717, 1.165) is 46.1 Å². The average molecular weight is 650 g/mol. The highest BCUT2D eigenvalue weighted by atomic mass is 16.5. The number of oxazole rings is 2. The molecule has 48 heavy (non-hydrogen) atoms. The van der Waals surface area contributed by atoms with Gasteiger partial charge in [0, 0.05) is 53.4 Å². The number of aryl methyl sites for hydroxylation is 1. The molecule has 1 saturated carbocycles. The maximum absolute atomic E-state index is 12.2. The van der Waals surface area contributed by atoms with Crippen molar-refractivity contribution in [2.45, 2.75) is 45.6 Å². The minimum absolute atomic E-state index is 0.00142. The Morgan fingerprint density at radius 1 is 0.938 bits per heavy atom. The molecule has 8 heterocycles. The van der Waals surface area contributed by atoms with Crippen LogP contribution in [0.4, 0.5) is 5.82 Å². The number of nitrogens with zero attached hydrogens (tertiary/aromatic N) is 6. The highest BCUT2D eigenvalue weighted by Crippen LogP contribution is 2.35. The van der Waals surface area contributed by atoms with Gasteiger partial charge in [0.25, 0.3) is 0 Å². The first-order valence-electron chi connectivity index (χ1n) is 16.0. The van der Waals surface area contributed by atoms with Crippen LogP contribution in [0.1, 0.15) is 50.2 Å². The zero-order valence-electron chi connectivity index (χ0n) is 26.9. The summed E-state index contributed by atoms with van der Waals surface area (Å²) in [5, 5.41) is 15.3. The Bertz CT molecular complexity index is 2150. The number of hydrogen-bond acceptors (Lipinski definition) is 12. The lowest BCUT2D eigenvalue weighted by Crippen LogP contribution is -2.26. The lowest BCUT2D eigenvalue weighted by molar-refractivity contribution is -0.117. The third-order valence-corrected chi connectivity index (χ3v) is 8.41. The molecule has 9 rings (SSSR count). The standard InChI is InChI=1S/C23H21N5O4.C10H8N2O2.C2H6/c1-12-15-8-26-20(28-21(29)13-2-3-13)6-14(15)16(9-24-12)22-27-17-7-19(25-10-18(17)32-22)23(30)4-5-31-11-23;1-2-13-5-7(1)8-3-9-10(4-11-8)14-6-12-9;1-2/h6-10,13,30H,2-5,11H2,1H3,(H,26,28,29);1,3-4,6H,2,5H2;1-2H3. The molecule has 1 atom stereocenters. The van der Waals surface area contributed by atoms with E-state index in [1.54, 1.807) is 30.9 Å². The van der Waals surface area contributed by atoms with Gasteiger partial charge in [0.1, 0.15) is 22.5 Å². The van der Waals surface area contributed by atoms with Gasteiger partial charge < -0.3 is 28.7 Å². The molecule has 2 aliphatic heterocycles. The second-order valence-electron chi connectivity index (χ2n) is 11.7. The summed E-state index contributed by atoms with van der Waals surface area (Å²) in [6.07, 6.45) is 12.5. The zero-order chi connectivity index (χ0) is 33.3. The molecule has 6 aromatic heterocycles. The van der Waals surface area contributed by atoms with Crippen LogP contribution in [0, 0.1) is 12.8 Å². The fourth-order valence-corrected chi connectivity index (χ4v) is 5.55. The molecule has 2 N–H and O–H groups in total. The summed E-state index contributed by atoms with van der Waals surface area (Å²) < 4.78 is 21.7. The number of amides is 1. The second kappa shape index (κ2) is 13.2. The summed E-state index contributed by atoms with van der Waals surface area (Å²) in [6.45, 7) is 7.92.